The van der Waals surface area contributed by atoms with Gasteiger partial charge in [0.2, 0.25) is 0 Å². The quantitative estimate of drug-likeness (QED) is 0.292. The second kappa shape index (κ2) is 10.8. The standard InChI is InChI=1S/C31H33FN10O/c1-20(42-31-27(30(33)34-19-35-31)28(37-42)21-15-22(32)17-24(43)16-21)25-18-23-5-3-4-7-41(23)29(25)26-6-8-40(36-26)14-13-39-11-9-38(2)10-12-39/h3-8,15-20,43H,9-14H2,1-2H3,(H2,33,34,35). The molecule has 12 heteroatoms. The van der Waals surface area contributed by atoms with Crippen molar-refractivity contribution in [3.05, 3.63) is 78.6 Å². The van der Waals surface area contributed by atoms with Crippen molar-refractivity contribution in [3.8, 4) is 28.4 Å². The van der Waals surface area contributed by atoms with Gasteiger partial charge in [-0.1, -0.05) is 6.07 Å². The summed E-state index contributed by atoms with van der Waals surface area (Å²) in [6.07, 6.45) is 5.47. The number of nitrogen functional groups attached to an aromatic ring is 1. The zero-order chi connectivity index (χ0) is 29.7. The van der Waals surface area contributed by atoms with Gasteiger partial charge in [-0.3, -0.25) is 9.58 Å². The lowest BCUT2D eigenvalue weighted by Gasteiger charge is -2.32. The molecule has 6 heterocycles. The topological polar surface area (TPSA) is 119 Å². The molecule has 0 aliphatic carbocycles. The number of aromatic hydroxyl groups is 1. The molecule has 43 heavy (non-hydrogen) atoms. The van der Waals surface area contributed by atoms with Crippen LogP contribution in [0.3, 0.4) is 0 Å². The second-order valence-electron chi connectivity index (χ2n) is 11.2. The molecule has 220 valence electrons. The number of hydrogen-bond acceptors (Lipinski definition) is 8. The van der Waals surface area contributed by atoms with Gasteiger partial charge in [-0.2, -0.15) is 10.2 Å². The highest BCUT2D eigenvalue weighted by atomic mass is 19.1. The van der Waals surface area contributed by atoms with Gasteiger partial charge in [0, 0.05) is 67.8 Å². The number of phenolic OH excluding ortho intramolecular Hbond substituents is 1. The number of rotatable bonds is 7. The van der Waals surface area contributed by atoms with E-state index in [-0.39, 0.29) is 17.6 Å². The summed E-state index contributed by atoms with van der Waals surface area (Å²) in [5, 5.41) is 20.5. The number of pyridine rings is 1. The Morgan fingerprint density at radius 1 is 0.977 bits per heavy atom. The van der Waals surface area contributed by atoms with Crippen LogP contribution in [-0.2, 0) is 6.54 Å². The van der Waals surface area contributed by atoms with Gasteiger partial charge in [-0.25, -0.2) is 19.0 Å². The van der Waals surface area contributed by atoms with Crippen LogP contribution in [0.25, 0.3) is 39.2 Å². The Morgan fingerprint density at radius 3 is 2.63 bits per heavy atom. The first-order valence-corrected chi connectivity index (χ1v) is 14.4. The van der Waals surface area contributed by atoms with E-state index in [2.05, 4.69) is 49.4 Å². The molecule has 3 N–H and O–H groups in total. The third-order valence-corrected chi connectivity index (χ3v) is 8.32. The van der Waals surface area contributed by atoms with Crippen molar-refractivity contribution in [1.29, 1.82) is 0 Å². The molecule has 1 aromatic carbocycles. The first-order chi connectivity index (χ1) is 20.9. The number of piperazine rings is 1. The fourth-order valence-electron chi connectivity index (χ4n) is 5.97. The van der Waals surface area contributed by atoms with E-state index in [1.807, 2.05) is 36.1 Å². The Labute approximate surface area is 247 Å². The van der Waals surface area contributed by atoms with Crippen LogP contribution in [0.1, 0.15) is 18.5 Å². The van der Waals surface area contributed by atoms with Crippen molar-refractivity contribution in [2.24, 2.45) is 0 Å². The van der Waals surface area contributed by atoms with E-state index < -0.39 is 5.82 Å². The number of benzene rings is 1. The molecule has 0 spiro atoms. The molecule has 0 saturated carbocycles. The maximum Gasteiger partial charge on any atom is 0.164 e. The molecule has 1 aliphatic rings. The monoisotopic (exact) mass is 580 g/mol. The van der Waals surface area contributed by atoms with Crippen molar-refractivity contribution >= 4 is 22.4 Å². The summed E-state index contributed by atoms with van der Waals surface area (Å²) in [5.41, 5.74) is 11.4. The number of nitrogens with two attached hydrogens (primary N) is 1. The molecule has 0 amide bonds. The summed E-state index contributed by atoms with van der Waals surface area (Å²) in [6.45, 7) is 8.11. The van der Waals surface area contributed by atoms with E-state index in [1.54, 1.807) is 4.68 Å². The molecule has 1 atom stereocenters. The first-order valence-electron chi connectivity index (χ1n) is 14.4. The summed E-state index contributed by atoms with van der Waals surface area (Å²) in [4.78, 5) is 13.5. The predicted molar refractivity (Wildman–Crippen MR) is 163 cm³/mol. The number of fused-ring (bicyclic) bond motifs is 2. The maximum atomic E-state index is 14.3. The van der Waals surface area contributed by atoms with E-state index in [9.17, 15) is 9.50 Å². The molecule has 0 bridgehead atoms. The van der Waals surface area contributed by atoms with Crippen LogP contribution >= 0.6 is 0 Å². The predicted octanol–water partition coefficient (Wildman–Crippen LogP) is 3.89. The molecular formula is C31H33FN10O. The van der Waals surface area contributed by atoms with Gasteiger partial charge in [0.25, 0.3) is 0 Å². The number of anilines is 1. The van der Waals surface area contributed by atoms with Crippen molar-refractivity contribution in [2.45, 2.75) is 19.5 Å². The Hall–Kier alpha value is -4.81. The molecular weight excluding hydrogens is 547 g/mol. The fraction of sp³-hybridized carbons (Fsp3) is 0.290. The highest BCUT2D eigenvalue weighted by Gasteiger charge is 2.26. The normalized spacial score (nSPS) is 15.5. The highest BCUT2D eigenvalue weighted by Crippen LogP contribution is 2.38. The van der Waals surface area contributed by atoms with Gasteiger partial charge in [0.1, 0.15) is 35.1 Å². The van der Waals surface area contributed by atoms with E-state index >= 15 is 0 Å². The van der Waals surface area contributed by atoms with Crippen LogP contribution in [0, 0.1) is 5.82 Å². The van der Waals surface area contributed by atoms with Crippen LogP contribution in [0.4, 0.5) is 10.2 Å². The largest absolute Gasteiger partial charge is 0.508 e. The number of nitrogens with zero attached hydrogens (tertiary/aromatic N) is 9. The lowest BCUT2D eigenvalue weighted by molar-refractivity contribution is 0.149. The minimum Gasteiger partial charge on any atom is -0.508 e. The highest BCUT2D eigenvalue weighted by molar-refractivity contribution is 5.98. The molecule has 7 rings (SSSR count). The smallest absolute Gasteiger partial charge is 0.164 e. The lowest BCUT2D eigenvalue weighted by atomic mass is 10.1. The number of phenols is 1. The molecule has 1 aliphatic heterocycles. The molecule has 11 nitrogen and oxygen atoms in total. The summed E-state index contributed by atoms with van der Waals surface area (Å²) >= 11 is 0. The van der Waals surface area contributed by atoms with E-state index in [4.69, 9.17) is 15.9 Å². The Morgan fingerprint density at radius 2 is 1.81 bits per heavy atom. The van der Waals surface area contributed by atoms with Crippen LogP contribution in [-0.4, -0.2) is 88.6 Å². The minimum absolute atomic E-state index is 0.203. The Balaban J connectivity index is 1.29. The number of likely N-dealkylation sites (N-methyl/N-ethyl adjacent to an activating group) is 1. The Kier molecular flexibility index (Phi) is 6.79. The maximum absolute atomic E-state index is 14.3. The second-order valence-corrected chi connectivity index (χ2v) is 11.2. The molecule has 0 radical (unpaired) electrons. The zero-order valence-electron chi connectivity index (χ0n) is 24.1. The van der Waals surface area contributed by atoms with Crippen LogP contribution in [0.15, 0.2) is 67.3 Å². The van der Waals surface area contributed by atoms with Gasteiger partial charge < -0.3 is 20.1 Å². The average molecular weight is 581 g/mol. The SMILES string of the molecule is CC(c1cc2ccccn2c1-c1ccn(CCN2CCN(C)CC2)n1)n1nc(-c2cc(O)cc(F)c2)c2c(N)ncnc21. The third kappa shape index (κ3) is 4.98. The summed E-state index contributed by atoms with van der Waals surface area (Å²) < 4.78 is 20.2. The molecule has 1 unspecified atom stereocenters. The number of hydrogen-bond donors (Lipinski definition) is 2. The van der Waals surface area contributed by atoms with E-state index in [1.165, 1.54) is 18.5 Å². The van der Waals surface area contributed by atoms with Crippen molar-refractivity contribution in [2.75, 3.05) is 45.5 Å². The third-order valence-electron chi connectivity index (χ3n) is 8.32. The van der Waals surface area contributed by atoms with Crippen LogP contribution in [0.2, 0.25) is 0 Å². The minimum atomic E-state index is -0.578. The van der Waals surface area contributed by atoms with Gasteiger partial charge in [-0.05, 0) is 50.4 Å². The summed E-state index contributed by atoms with van der Waals surface area (Å²) in [5.74, 6) is -0.556. The summed E-state index contributed by atoms with van der Waals surface area (Å²) in [7, 11) is 2.17. The van der Waals surface area contributed by atoms with E-state index in [0.29, 0.717) is 22.3 Å². The van der Waals surface area contributed by atoms with Gasteiger partial charge in [-0.15, -0.1) is 0 Å². The molecule has 5 aromatic heterocycles. The lowest BCUT2D eigenvalue weighted by Crippen LogP contribution is -2.45. The van der Waals surface area contributed by atoms with Crippen molar-refractivity contribution in [1.82, 2.24) is 43.7 Å². The Bertz CT molecular complexity index is 1910. The van der Waals surface area contributed by atoms with Crippen LogP contribution in [0.5, 0.6) is 5.75 Å². The first kappa shape index (κ1) is 27.0. The summed E-state index contributed by atoms with van der Waals surface area (Å²) in [6, 6.07) is 13.8. The molecule has 1 saturated heterocycles. The molecule has 1 fully saturated rings. The average Bonchev–Trinajstić information content (AvgIpc) is 3.72. The van der Waals surface area contributed by atoms with Gasteiger partial charge >= 0.3 is 0 Å². The van der Waals surface area contributed by atoms with E-state index in [0.717, 1.165) is 67.8 Å². The van der Waals surface area contributed by atoms with Gasteiger partial charge in [0.05, 0.1) is 23.7 Å². The van der Waals surface area contributed by atoms with Gasteiger partial charge in [0.15, 0.2) is 5.65 Å². The van der Waals surface area contributed by atoms with Crippen molar-refractivity contribution in [3.63, 3.8) is 0 Å². The molecule has 6 aromatic rings. The zero-order valence-corrected chi connectivity index (χ0v) is 24.1. The van der Waals surface area contributed by atoms with Crippen molar-refractivity contribution < 1.29 is 9.50 Å². The van der Waals surface area contributed by atoms with Crippen LogP contribution < -0.4 is 5.73 Å². The number of halogens is 1. The fourth-order valence-corrected chi connectivity index (χ4v) is 5.97. The number of aromatic nitrogens is 7.